The van der Waals surface area contributed by atoms with E-state index in [1.54, 1.807) is 35.6 Å². The third-order valence-electron chi connectivity index (χ3n) is 11.6. The number of hydrogen-bond acceptors (Lipinski definition) is 7. The van der Waals surface area contributed by atoms with E-state index >= 15 is 0 Å². The molecule has 9 heteroatoms. The number of halogens is 2. The Morgan fingerprint density at radius 3 is 1.34 bits per heavy atom. The fourth-order valence-corrected chi connectivity index (χ4v) is 9.18. The van der Waals surface area contributed by atoms with E-state index in [1.807, 2.05) is 79.7 Å². The number of thiophene rings is 1. The van der Waals surface area contributed by atoms with Crippen LogP contribution in [-0.2, 0) is 5.66 Å². The van der Waals surface area contributed by atoms with Crippen molar-refractivity contribution < 1.29 is 8.78 Å². The summed E-state index contributed by atoms with van der Waals surface area (Å²) in [5, 5.41) is 5.90. The molecule has 1 aliphatic rings. The molecule has 0 saturated heterocycles. The summed E-state index contributed by atoms with van der Waals surface area (Å²) in [7, 11) is 0. The summed E-state index contributed by atoms with van der Waals surface area (Å²) < 4.78 is 30.2. The second-order valence-corrected chi connectivity index (χ2v) is 16.9. The van der Waals surface area contributed by atoms with E-state index in [1.165, 1.54) is 44.4 Å². The molecule has 2 aromatic heterocycles. The van der Waals surface area contributed by atoms with Gasteiger partial charge in [-0.25, -0.2) is 33.7 Å². The van der Waals surface area contributed by atoms with Crippen LogP contribution in [0.1, 0.15) is 23.6 Å². The first-order valence-corrected chi connectivity index (χ1v) is 21.7. The second-order valence-electron chi connectivity index (χ2n) is 15.8. The number of nitrogens with zero attached hydrogens (tertiary/aromatic N) is 5. The standard InChI is InChI=1S/C55H36F2N6S/c1-55(43-24-28-45(57)29-25-43)62-53(37-10-6-3-7-11-37)61-54(63-55)40-18-14-35(15-19-40)42-23-31-49-47(33-42)46-32-41(22-30-48(46)64-49)34-12-16-38(17-13-34)51-58-50(36-8-4-2-5-9-36)59-52(60-51)39-20-26-44(56)27-21-39/h2-33H,1H3,(H,61,62,63). The number of amidine groups is 2. The fraction of sp³-hybridized carbons (Fsp3) is 0.0364. The van der Waals surface area contributed by atoms with Gasteiger partial charge in [-0.1, -0.05) is 133 Å². The van der Waals surface area contributed by atoms with Gasteiger partial charge in [-0.05, 0) is 95.4 Å². The van der Waals surface area contributed by atoms with E-state index < -0.39 is 5.66 Å². The van der Waals surface area contributed by atoms with Gasteiger partial charge in [0.1, 0.15) is 17.5 Å². The molecule has 1 unspecified atom stereocenters. The molecular weight excluding hydrogens is 815 g/mol. The van der Waals surface area contributed by atoms with Crippen LogP contribution in [-0.4, -0.2) is 26.6 Å². The molecule has 10 aromatic rings. The molecule has 0 spiro atoms. The van der Waals surface area contributed by atoms with Gasteiger partial charge in [0.05, 0.1) is 0 Å². The van der Waals surface area contributed by atoms with E-state index in [0.29, 0.717) is 34.7 Å². The van der Waals surface area contributed by atoms with Gasteiger partial charge in [-0.3, -0.25) is 0 Å². The van der Waals surface area contributed by atoms with Crippen molar-refractivity contribution in [3.05, 3.63) is 222 Å². The van der Waals surface area contributed by atoms with Crippen molar-refractivity contribution in [2.24, 2.45) is 9.98 Å². The van der Waals surface area contributed by atoms with E-state index in [9.17, 15) is 8.78 Å². The maximum atomic E-state index is 13.9. The zero-order chi connectivity index (χ0) is 43.2. The first kappa shape index (κ1) is 38.9. The second kappa shape index (κ2) is 16.0. The number of aromatic nitrogens is 3. The summed E-state index contributed by atoms with van der Waals surface area (Å²) in [4.78, 5) is 24.5. The van der Waals surface area contributed by atoms with Crippen LogP contribution in [0.2, 0.25) is 0 Å². The van der Waals surface area contributed by atoms with Crippen LogP contribution in [0, 0.1) is 11.6 Å². The third kappa shape index (κ3) is 7.52. The van der Waals surface area contributed by atoms with Gasteiger partial charge in [0, 0.05) is 48.0 Å². The molecule has 64 heavy (non-hydrogen) atoms. The first-order chi connectivity index (χ1) is 31.3. The maximum Gasteiger partial charge on any atom is 0.164 e. The molecule has 6 nitrogen and oxygen atoms in total. The summed E-state index contributed by atoms with van der Waals surface area (Å²) >= 11 is 1.79. The van der Waals surface area contributed by atoms with E-state index in [4.69, 9.17) is 24.9 Å². The highest BCUT2D eigenvalue weighted by molar-refractivity contribution is 7.25. The number of aliphatic imine (C=N–C) groups is 2. The fourth-order valence-electron chi connectivity index (χ4n) is 8.11. The Kier molecular flexibility index (Phi) is 9.74. The molecule has 1 atom stereocenters. The molecule has 0 saturated carbocycles. The molecule has 0 amide bonds. The molecule has 11 rings (SSSR count). The van der Waals surface area contributed by atoms with Gasteiger partial charge in [0.25, 0.3) is 0 Å². The number of fused-ring (bicyclic) bond motifs is 3. The van der Waals surface area contributed by atoms with Gasteiger partial charge >= 0.3 is 0 Å². The quantitative estimate of drug-likeness (QED) is 0.165. The lowest BCUT2D eigenvalue weighted by atomic mass is 9.98. The molecule has 306 valence electrons. The Morgan fingerprint density at radius 2 is 0.828 bits per heavy atom. The Bertz CT molecular complexity index is 3410. The predicted molar refractivity (Wildman–Crippen MR) is 256 cm³/mol. The van der Waals surface area contributed by atoms with Crippen LogP contribution < -0.4 is 5.32 Å². The molecule has 3 heterocycles. The monoisotopic (exact) mass is 850 g/mol. The van der Waals surface area contributed by atoms with Crippen molar-refractivity contribution in [2.75, 3.05) is 0 Å². The Balaban J connectivity index is 0.899. The van der Waals surface area contributed by atoms with Crippen LogP contribution in [0.5, 0.6) is 0 Å². The highest BCUT2D eigenvalue weighted by atomic mass is 32.1. The summed E-state index contributed by atoms with van der Waals surface area (Å²) in [6.07, 6.45) is 0. The van der Waals surface area contributed by atoms with E-state index in [0.717, 1.165) is 50.1 Å². The molecule has 1 aliphatic heterocycles. The summed E-state index contributed by atoms with van der Waals surface area (Å²) in [5.74, 6) is 2.25. The largest absolute Gasteiger partial charge is 0.342 e. The van der Waals surface area contributed by atoms with E-state index in [-0.39, 0.29) is 11.6 Å². The van der Waals surface area contributed by atoms with Gasteiger partial charge in [-0.2, -0.15) is 0 Å². The van der Waals surface area contributed by atoms with Gasteiger partial charge < -0.3 is 5.32 Å². The zero-order valence-electron chi connectivity index (χ0n) is 34.4. The van der Waals surface area contributed by atoms with Crippen molar-refractivity contribution in [1.82, 2.24) is 20.3 Å². The van der Waals surface area contributed by atoms with Gasteiger partial charge in [-0.15, -0.1) is 11.3 Å². The number of hydrogen-bond donors (Lipinski definition) is 1. The molecular formula is C55H36F2N6S. The molecule has 0 aliphatic carbocycles. The lowest BCUT2D eigenvalue weighted by Gasteiger charge is -2.33. The first-order valence-electron chi connectivity index (χ1n) is 20.9. The lowest BCUT2D eigenvalue weighted by molar-refractivity contribution is 0.454. The summed E-state index contributed by atoms with van der Waals surface area (Å²) in [5.41, 5.74) is 8.58. The van der Waals surface area contributed by atoms with E-state index in [2.05, 4.69) is 78.1 Å². The topological polar surface area (TPSA) is 75.4 Å². The van der Waals surface area contributed by atoms with Crippen molar-refractivity contribution in [3.63, 3.8) is 0 Å². The molecule has 1 N–H and O–H groups in total. The normalized spacial score (nSPS) is 14.9. The van der Waals surface area contributed by atoms with Gasteiger partial charge in [0.15, 0.2) is 29.0 Å². The van der Waals surface area contributed by atoms with Gasteiger partial charge in [0.2, 0.25) is 0 Å². The minimum Gasteiger partial charge on any atom is -0.342 e. The number of rotatable bonds is 8. The van der Waals surface area contributed by atoms with Crippen molar-refractivity contribution >= 4 is 43.2 Å². The van der Waals surface area contributed by atoms with Crippen LogP contribution in [0.15, 0.2) is 204 Å². The minimum atomic E-state index is -0.864. The van der Waals surface area contributed by atoms with Crippen LogP contribution in [0.4, 0.5) is 8.78 Å². The SMILES string of the molecule is CC1(c2ccc(F)cc2)N=C(c2ccc(-c3ccc4sc5ccc(-c6ccc(-c7nc(-c8ccccc8)nc(-c8ccc(F)cc8)n7)cc6)cc5c4c3)cc2)N=C(c2ccccc2)N1. The highest BCUT2D eigenvalue weighted by Gasteiger charge is 2.32. The Morgan fingerprint density at radius 1 is 0.422 bits per heavy atom. The number of nitrogens with one attached hydrogen (secondary N) is 1. The molecule has 0 radical (unpaired) electrons. The average Bonchev–Trinajstić information content (AvgIpc) is 3.72. The molecule has 0 fully saturated rings. The molecule has 8 aromatic carbocycles. The lowest BCUT2D eigenvalue weighted by Crippen LogP contribution is -2.46. The number of benzene rings is 8. The average molecular weight is 851 g/mol. The third-order valence-corrected chi connectivity index (χ3v) is 12.7. The molecule has 0 bridgehead atoms. The summed E-state index contributed by atoms with van der Waals surface area (Å²) in [6.45, 7) is 1.99. The van der Waals surface area contributed by atoms with Crippen molar-refractivity contribution in [2.45, 2.75) is 12.6 Å². The Hall–Kier alpha value is -8.01. The van der Waals surface area contributed by atoms with Crippen LogP contribution >= 0.6 is 11.3 Å². The smallest absolute Gasteiger partial charge is 0.164 e. The van der Waals surface area contributed by atoms with Crippen molar-refractivity contribution in [1.29, 1.82) is 0 Å². The van der Waals surface area contributed by atoms with Crippen LogP contribution in [0.25, 0.3) is 76.6 Å². The predicted octanol–water partition coefficient (Wildman–Crippen LogP) is 13.5. The summed E-state index contributed by atoms with van der Waals surface area (Å²) in [6, 6.07) is 62.4. The van der Waals surface area contributed by atoms with Crippen LogP contribution in [0.3, 0.4) is 0 Å². The minimum absolute atomic E-state index is 0.296. The van der Waals surface area contributed by atoms with Crippen molar-refractivity contribution in [3.8, 4) is 56.4 Å². The maximum absolute atomic E-state index is 13.9. The zero-order valence-corrected chi connectivity index (χ0v) is 35.2. The Labute approximate surface area is 372 Å². The highest BCUT2D eigenvalue weighted by Crippen LogP contribution is 2.39.